The molecule has 0 aliphatic carbocycles. The molecule has 0 aromatic carbocycles. The maximum absolute atomic E-state index is 10.4. The van der Waals surface area contributed by atoms with E-state index in [-0.39, 0.29) is 13.6 Å². The molecule has 0 saturated carbocycles. The Morgan fingerprint density at radius 2 is 1.26 bits per heavy atom. The van der Waals surface area contributed by atoms with Crippen LogP contribution in [0.2, 0.25) is 0 Å². The first kappa shape index (κ1) is 19.8. The molecule has 8 heteroatoms. The standard InChI is InChI=1S/C6H12O4.C5H10O4/c1-3-4-9-6(7)10-5-8-2;1-3-8-5(6)9-4-7-2/h3-5H2,1-2H3;3-4H2,1-2H3. The lowest BCUT2D eigenvalue weighted by atomic mass is 10.5. The fourth-order valence-electron chi connectivity index (χ4n) is 0.601. The fourth-order valence-corrected chi connectivity index (χ4v) is 0.601. The number of ether oxygens (including phenoxy) is 6. The lowest BCUT2D eigenvalue weighted by Crippen LogP contribution is -2.09. The van der Waals surface area contributed by atoms with Crippen LogP contribution in [0.25, 0.3) is 0 Å². The number of hydrogen-bond acceptors (Lipinski definition) is 8. The molecule has 0 rings (SSSR count). The summed E-state index contributed by atoms with van der Waals surface area (Å²) in [4.78, 5) is 20.7. The van der Waals surface area contributed by atoms with E-state index >= 15 is 0 Å². The Hall–Kier alpha value is -1.54. The molecular weight excluding hydrogens is 260 g/mol. The van der Waals surface area contributed by atoms with Gasteiger partial charge in [-0.15, -0.1) is 0 Å². The van der Waals surface area contributed by atoms with Gasteiger partial charge >= 0.3 is 12.3 Å². The summed E-state index contributed by atoms with van der Waals surface area (Å²) >= 11 is 0. The summed E-state index contributed by atoms with van der Waals surface area (Å²) in [6, 6.07) is 0. The zero-order valence-electron chi connectivity index (χ0n) is 11.8. The number of carbonyl (C=O) groups excluding carboxylic acids is 2. The summed E-state index contributed by atoms with van der Waals surface area (Å²) in [5, 5.41) is 0. The van der Waals surface area contributed by atoms with E-state index in [9.17, 15) is 9.59 Å². The van der Waals surface area contributed by atoms with E-state index < -0.39 is 12.3 Å². The van der Waals surface area contributed by atoms with Gasteiger partial charge in [-0.25, -0.2) is 9.59 Å². The van der Waals surface area contributed by atoms with E-state index in [0.717, 1.165) is 6.42 Å². The largest absolute Gasteiger partial charge is 0.510 e. The molecule has 0 aromatic heterocycles. The molecule has 0 amide bonds. The minimum atomic E-state index is -0.695. The summed E-state index contributed by atoms with van der Waals surface area (Å²) in [6.07, 6.45) is -0.578. The highest BCUT2D eigenvalue weighted by molar-refractivity contribution is 5.59. The average molecular weight is 282 g/mol. The number of carbonyl (C=O) groups is 2. The van der Waals surface area contributed by atoms with Crippen molar-refractivity contribution in [3.8, 4) is 0 Å². The molecule has 0 aliphatic heterocycles. The van der Waals surface area contributed by atoms with Crippen molar-refractivity contribution < 1.29 is 38.0 Å². The molecule has 0 saturated heterocycles. The topological polar surface area (TPSA) is 89.5 Å². The second-order valence-electron chi connectivity index (χ2n) is 2.88. The first-order valence-electron chi connectivity index (χ1n) is 5.69. The van der Waals surface area contributed by atoms with Gasteiger partial charge in [-0.1, -0.05) is 6.92 Å². The summed E-state index contributed by atoms with van der Waals surface area (Å²) in [5.74, 6) is 0. The van der Waals surface area contributed by atoms with Crippen molar-refractivity contribution in [1.29, 1.82) is 0 Å². The Bertz CT molecular complexity index is 209. The van der Waals surface area contributed by atoms with Gasteiger partial charge < -0.3 is 28.4 Å². The van der Waals surface area contributed by atoms with Gasteiger partial charge in [0.25, 0.3) is 0 Å². The number of methoxy groups -OCH3 is 2. The lowest BCUT2D eigenvalue weighted by molar-refractivity contribution is -0.0263. The van der Waals surface area contributed by atoms with Gasteiger partial charge in [0.2, 0.25) is 0 Å². The molecule has 19 heavy (non-hydrogen) atoms. The van der Waals surface area contributed by atoms with E-state index in [4.69, 9.17) is 0 Å². The zero-order chi connectivity index (χ0) is 14.9. The quantitative estimate of drug-likeness (QED) is 0.516. The van der Waals surface area contributed by atoms with Crippen molar-refractivity contribution >= 4 is 12.3 Å². The first-order valence-corrected chi connectivity index (χ1v) is 5.69. The van der Waals surface area contributed by atoms with Crippen LogP contribution in [0.3, 0.4) is 0 Å². The fraction of sp³-hybridized carbons (Fsp3) is 0.818. The SMILES string of the molecule is CCCOC(=O)OCOC.CCOC(=O)OCOC. The molecule has 0 bridgehead atoms. The molecule has 0 aliphatic rings. The number of rotatable bonds is 7. The molecule has 0 atom stereocenters. The third kappa shape index (κ3) is 19.0. The van der Waals surface area contributed by atoms with Gasteiger partial charge in [0, 0.05) is 14.2 Å². The highest BCUT2D eigenvalue weighted by Crippen LogP contribution is 1.86. The molecule has 0 spiro atoms. The van der Waals surface area contributed by atoms with Gasteiger partial charge in [0.05, 0.1) is 13.2 Å². The second kappa shape index (κ2) is 16.5. The van der Waals surface area contributed by atoms with Crippen molar-refractivity contribution in [2.24, 2.45) is 0 Å². The highest BCUT2D eigenvalue weighted by atomic mass is 16.8. The summed E-state index contributed by atoms with van der Waals surface area (Å²) < 4.78 is 26.6. The molecule has 114 valence electrons. The van der Waals surface area contributed by atoms with Gasteiger partial charge in [0.15, 0.2) is 13.6 Å². The van der Waals surface area contributed by atoms with Crippen molar-refractivity contribution in [2.45, 2.75) is 20.3 Å². The molecule has 0 aromatic rings. The molecule has 0 fully saturated rings. The van der Waals surface area contributed by atoms with Crippen LogP contribution >= 0.6 is 0 Å². The molecule has 0 heterocycles. The Morgan fingerprint density at radius 3 is 1.63 bits per heavy atom. The summed E-state index contributed by atoms with van der Waals surface area (Å²) in [5.41, 5.74) is 0. The lowest BCUT2D eigenvalue weighted by Gasteiger charge is -2.02. The van der Waals surface area contributed by atoms with Gasteiger partial charge in [-0.05, 0) is 13.3 Å². The predicted octanol–water partition coefficient (Wildman–Crippen LogP) is 1.92. The molecule has 0 unspecified atom stereocenters. The van der Waals surface area contributed by atoms with E-state index in [1.54, 1.807) is 6.92 Å². The Morgan fingerprint density at radius 1 is 0.789 bits per heavy atom. The minimum absolute atomic E-state index is 0.0530. The molecular formula is C11H22O8. The van der Waals surface area contributed by atoms with Crippen molar-refractivity contribution in [2.75, 3.05) is 41.0 Å². The maximum atomic E-state index is 10.4. The van der Waals surface area contributed by atoms with E-state index in [1.165, 1.54) is 14.2 Å². The zero-order valence-corrected chi connectivity index (χ0v) is 11.8. The van der Waals surface area contributed by atoms with Crippen LogP contribution < -0.4 is 0 Å². The Labute approximate surface area is 112 Å². The van der Waals surface area contributed by atoms with E-state index in [2.05, 4.69) is 28.4 Å². The van der Waals surface area contributed by atoms with Crippen LogP contribution in [0, 0.1) is 0 Å². The average Bonchev–Trinajstić information content (AvgIpc) is 2.41. The van der Waals surface area contributed by atoms with Crippen LogP contribution in [0.4, 0.5) is 9.59 Å². The van der Waals surface area contributed by atoms with Gasteiger partial charge in [-0.3, -0.25) is 0 Å². The van der Waals surface area contributed by atoms with Crippen molar-refractivity contribution in [3.05, 3.63) is 0 Å². The minimum Gasteiger partial charge on any atom is -0.435 e. The molecule has 0 radical (unpaired) electrons. The van der Waals surface area contributed by atoms with Crippen molar-refractivity contribution in [1.82, 2.24) is 0 Å². The normalized spacial score (nSPS) is 8.84. The predicted molar refractivity (Wildman–Crippen MR) is 64.6 cm³/mol. The monoisotopic (exact) mass is 282 g/mol. The van der Waals surface area contributed by atoms with Gasteiger partial charge in [-0.2, -0.15) is 0 Å². The summed E-state index contributed by atoms with van der Waals surface area (Å²) in [6.45, 7) is 4.21. The van der Waals surface area contributed by atoms with Crippen molar-refractivity contribution in [3.63, 3.8) is 0 Å². The molecule has 0 N–H and O–H groups in total. The molecule has 8 nitrogen and oxygen atoms in total. The smallest absolute Gasteiger partial charge is 0.435 e. The first-order chi connectivity index (χ1) is 9.12. The van der Waals surface area contributed by atoms with Crippen LogP contribution in [-0.4, -0.2) is 53.3 Å². The van der Waals surface area contributed by atoms with Gasteiger partial charge in [0.1, 0.15) is 0 Å². The third-order valence-corrected chi connectivity index (χ3v) is 1.28. The second-order valence-corrected chi connectivity index (χ2v) is 2.88. The van der Waals surface area contributed by atoms with Crippen LogP contribution in [-0.2, 0) is 28.4 Å². The third-order valence-electron chi connectivity index (χ3n) is 1.28. The maximum Gasteiger partial charge on any atom is 0.510 e. The highest BCUT2D eigenvalue weighted by Gasteiger charge is 2.00. The Balaban J connectivity index is 0. The van der Waals surface area contributed by atoms with Crippen LogP contribution in [0.1, 0.15) is 20.3 Å². The van der Waals surface area contributed by atoms with E-state index in [1.807, 2.05) is 6.92 Å². The Kier molecular flexibility index (Phi) is 17.1. The number of hydrogen-bond donors (Lipinski definition) is 0. The summed E-state index contributed by atoms with van der Waals surface area (Å²) in [7, 11) is 2.87. The van der Waals surface area contributed by atoms with E-state index in [0.29, 0.717) is 13.2 Å². The van der Waals surface area contributed by atoms with Crippen LogP contribution in [0.15, 0.2) is 0 Å². The van der Waals surface area contributed by atoms with Crippen LogP contribution in [0.5, 0.6) is 0 Å².